The molecule has 0 aliphatic rings. The van der Waals surface area contributed by atoms with Gasteiger partial charge in [0.05, 0.1) is 20.6 Å². The summed E-state index contributed by atoms with van der Waals surface area (Å²) in [5, 5.41) is 0. The van der Waals surface area contributed by atoms with Crippen molar-refractivity contribution in [2.75, 3.05) is 20.6 Å². The molecule has 0 unspecified atom stereocenters. The molecule has 0 saturated heterocycles. The zero-order valence-corrected chi connectivity index (χ0v) is 6.85. The first-order chi connectivity index (χ1) is 4.52. The monoisotopic (exact) mass is 143 g/mol. The van der Waals surface area contributed by atoms with Crippen LogP contribution >= 0.6 is 0 Å². The molecule has 1 amide bonds. The Kier molecular flexibility index (Phi) is 3.09. The van der Waals surface area contributed by atoms with Crippen LogP contribution in [0.5, 0.6) is 0 Å². The van der Waals surface area contributed by atoms with Crippen LogP contribution < -0.4 is 5.43 Å². The summed E-state index contributed by atoms with van der Waals surface area (Å²) in [7, 11) is 3.84. The number of nitrogens with one attached hydrogen (secondary N) is 1. The number of amides is 1. The third-order valence-corrected chi connectivity index (χ3v) is 1.39. The lowest BCUT2D eigenvalue weighted by atomic mass is 10.6. The van der Waals surface area contributed by atoms with Gasteiger partial charge in [0.25, 0.3) is 5.91 Å². The van der Waals surface area contributed by atoms with Gasteiger partial charge in [0, 0.05) is 6.08 Å². The predicted octanol–water partition coefficient (Wildman–Crippen LogP) is 0.300. The van der Waals surface area contributed by atoms with Gasteiger partial charge in [0.2, 0.25) is 0 Å². The Morgan fingerprint density at radius 2 is 2.20 bits per heavy atom. The molecule has 0 aromatic heterocycles. The second kappa shape index (κ2) is 3.37. The minimum absolute atomic E-state index is 0.133. The molecule has 0 atom stereocenters. The minimum atomic E-state index is -0.133. The smallest absolute Gasteiger partial charge is 0.265 e. The maximum Gasteiger partial charge on any atom is 0.288 e. The van der Waals surface area contributed by atoms with E-state index in [0.717, 1.165) is 6.54 Å². The number of carbonyl (C=O) groups excluding carboxylic acids is 1. The maximum atomic E-state index is 10.7. The summed E-state index contributed by atoms with van der Waals surface area (Å²) < 4.78 is 0.491. The van der Waals surface area contributed by atoms with Gasteiger partial charge in [-0.25, -0.2) is 4.59 Å². The molecule has 0 heterocycles. The Bertz CT molecular complexity index is 141. The number of rotatable bonds is 3. The Morgan fingerprint density at radius 3 is 2.50 bits per heavy atom. The predicted molar refractivity (Wildman–Crippen MR) is 41.0 cm³/mol. The topological polar surface area (TPSA) is 29.1 Å². The van der Waals surface area contributed by atoms with Gasteiger partial charge >= 0.3 is 0 Å². The quantitative estimate of drug-likeness (QED) is 0.343. The van der Waals surface area contributed by atoms with E-state index in [0.29, 0.717) is 4.59 Å². The average molecular weight is 143 g/mol. The molecule has 0 aromatic carbocycles. The van der Waals surface area contributed by atoms with Gasteiger partial charge in [0.1, 0.15) is 0 Å². The standard InChI is InChI=1S/C7H14N2O/c1-5-7(10)8-9(3,4)6-2/h5H,1,6H2,2-4H3/p+1. The van der Waals surface area contributed by atoms with Crippen molar-refractivity contribution in [3.8, 4) is 0 Å². The van der Waals surface area contributed by atoms with E-state index in [1.54, 1.807) is 0 Å². The molecule has 0 radical (unpaired) electrons. The van der Waals surface area contributed by atoms with Gasteiger partial charge in [0.15, 0.2) is 0 Å². The first kappa shape index (κ1) is 9.17. The third-order valence-electron chi connectivity index (χ3n) is 1.39. The molecular weight excluding hydrogens is 128 g/mol. The van der Waals surface area contributed by atoms with Crippen molar-refractivity contribution in [1.29, 1.82) is 0 Å². The fourth-order valence-electron chi connectivity index (χ4n) is 0.423. The summed E-state index contributed by atoms with van der Waals surface area (Å²) in [6.07, 6.45) is 1.27. The van der Waals surface area contributed by atoms with Crippen LogP contribution in [-0.2, 0) is 4.79 Å². The highest BCUT2D eigenvalue weighted by atomic mass is 16.2. The van der Waals surface area contributed by atoms with Crippen LogP contribution in [0, 0.1) is 0 Å². The van der Waals surface area contributed by atoms with E-state index in [1.165, 1.54) is 6.08 Å². The summed E-state index contributed by atoms with van der Waals surface area (Å²) >= 11 is 0. The van der Waals surface area contributed by atoms with Crippen LogP contribution in [0.3, 0.4) is 0 Å². The Hall–Kier alpha value is -0.830. The van der Waals surface area contributed by atoms with Crippen molar-refractivity contribution >= 4 is 5.91 Å². The number of carbonyl (C=O) groups is 1. The third kappa shape index (κ3) is 3.25. The van der Waals surface area contributed by atoms with E-state index in [1.807, 2.05) is 21.0 Å². The molecule has 0 aromatic rings. The van der Waals surface area contributed by atoms with Crippen molar-refractivity contribution in [3.05, 3.63) is 12.7 Å². The molecule has 0 rings (SSSR count). The van der Waals surface area contributed by atoms with E-state index in [9.17, 15) is 4.79 Å². The summed E-state index contributed by atoms with van der Waals surface area (Å²) in [5.41, 5.74) is 2.74. The van der Waals surface area contributed by atoms with Gasteiger partial charge in [-0.1, -0.05) is 6.58 Å². The fraction of sp³-hybridized carbons (Fsp3) is 0.571. The van der Waals surface area contributed by atoms with E-state index in [-0.39, 0.29) is 5.91 Å². The zero-order valence-electron chi connectivity index (χ0n) is 6.85. The minimum Gasteiger partial charge on any atom is -0.265 e. The zero-order chi connectivity index (χ0) is 8.20. The molecule has 0 aliphatic carbocycles. The molecule has 0 fully saturated rings. The number of nitrogens with zero attached hydrogens (tertiary/aromatic N) is 1. The Morgan fingerprint density at radius 1 is 1.70 bits per heavy atom. The fourth-order valence-corrected chi connectivity index (χ4v) is 0.423. The number of hydrogen-bond acceptors (Lipinski definition) is 1. The Balaban J connectivity index is 3.87. The highest BCUT2D eigenvalue weighted by Gasteiger charge is 2.12. The lowest BCUT2D eigenvalue weighted by Gasteiger charge is -2.26. The van der Waals surface area contributed by atoms with Crippen LogP contribution in [0.1, 0.15) is 6.92 Å². The molecule has 0 saturated carbocycles. The summed E-state index contributed by atoms with van der Waals surface area (Å²) in [4.78, 5) is 10.7. The van der Waals surface area contributed by atoms with Crippen molar-refractivity contribution in [2.45, 2.75) is 6.92 Å². The average Bonchev–Trinajstić information content (AvgIpc) is 1.87. The van der Waals surface area contributed by atoms with E-state index in [2.05, 4.69) is 12.0 Å². The van der Waals surface area contributed by atoms with Gasteiger partial charge in [-0.15, -0.1) is 0 Å². The normalized spacial score (nSPS) is 10.7. The SMILES string of the molecule is C=CC(=O)N[N+](C)(C)CC. The second-order valence-corrected chi connectivity index (χ2v) is 2.68. The highest BCUT2D eigenvalue weighted by Crippen LogP contribution is 1.87. The molecule has 1 N–H and O–H groups in total. The molecule has 0 spiro atoms. The van der Waals surface area contributed by atoms with Crippen LogP contribution in [-0.4, -0.2) is 31.1 Å². The highest BCUT2D eigenvalue weighted by molar-refractivity contribution is 5.85. The molecule has 0 bridgehead atoms. The number of hydrogen-bond donors (Lipinski definition) is 1. The van der Waals surface area contributed by atoms with Gasteiger partial charge in [-0.05, 0) is 6.92 Å². The number of quaternary nitrogens is 1. The van der Waals surface area contributed by atoms with Crippen LogP contribution in [0.4, 0.5) is 0 Å². The maximum absolute atomic E-state index is 10.7. The second-order valence-electron chi connectivity index (χ2n) is 2.68. The first-order valence-electron chi connectivity index (χ1n) is 3.29. The lowest BCUT2D eigenvalue weighted by Crippen LogP contribution is -2.53. The lowest BCUT2D eigenvalue weighted by molar-refractivity contribution is -0.923. The molecule has 0 aliphatic heterocycles. The largest absolute Gasteiger partial charge is 0.288 e. The molecular formula is C7H15N2O+. The van der Waals surface area contributed by atoms with Crippen molar-refractivity contribution in [3.63, 3.8) is 0 Å². The first-order valence-corrected chi connectivity index (χ1v) is 3.29. The summed E-state index contributed by atoms with van der Waals surface area (Å²) in [6, 6.07) is 0. The van der Waals surface area contributed by atoms with Crippen molar-refractivity contribution in [2.24, 2.45) is 0 Å². The van der Waals surface area contributed by atoms with E-state index < -0.39 is 0 Å². The molecule has 3 heteroatoms. The van der Waals surface area contributed by atoms with Crippen molar-refractivity contribution < 1.29 is 9.39 Å². The molecule has 3 nitrogen and oxygen atoms in total. The van der Waals surface area contributed by atoms with Crippen LogP contribution in [0.15, 0.2) is 12.7 Å². The van der Waals surface area contributed by atoms with E-state index >= 15 is 0 Å². The van der Waals surface area contributed by atoms with Crippen LogP contribution in [0.2, 0.25) is 0 Å². The van der Waals surface area contributed by atoms with Gasteiger partial charge < -0.3 is 0 Å². The van der Waals surface area contributed by atoms with E-state index in [4.69, 9.17) is 0 Å². The molecule has 10 heavy (non-hydrogen) atoms. The van der Waals surface area contributed by atoms with Gasteiger partial charge in [-0.2, -0.15) is 5.43 Å². The Labute approximate surface area is 61.9 Å². The van der Waals surface area contributed by atoms with Crippen LogP contribution in [0.25, 0.3) is 0 Å². The van der Waals surface area contributed by atoms with Crippen molar-refractivity contribution in [1.82, 2.24) is 5.43 Å². The summed E-state index contributed by atoms with van der Waals surface area (Å²) in [5.74, 6) is -0.133. The van der Waals surface area contributed by atoms with Gasteiger partial charge in [-0.3, -0.25) is 4.79 Å². The summed E-state index contributed by atoms with van der Waals surface area (Å²) in [6.45, 7) is 6.22. The molecule has 58 valence electrons.